The fourth-order valence-corrected chi connectivity index (χ4v) is 1.89. The van der Waals surface area contributed by atoms with Crippen LogP contribution in [0.15, 0.2) is 12.2 Å². The second-order valence-electron chi connectivity index (χ2n) is 1.27. The Morgan fingerprint density at radius 2 is 2.50 bits per heavy atom. The van der Waals surface area contributed by atoms with Gasteiger partial charge in [0.05, 0.1) is 0 Å². The second kappa shape index (κ2) is 2.36. The molecule has 0 amide bonds. The van der Waals surface area contributed by atoms with E-state index < -0.39 is 0 Å². The van der Waals surface area contributed by atoms with E-state index in [9.17, 15) is 0 Å². The molecule has 1 aliphatic rings. The van der Waals surface area contributed by atoms with Crippen LogP contribution < -0.4 is 0 Å². The van der Waals surface area contributed by atoms with Crippen LogP contribution >= 0.6 is 0 Å². The Balaban J connectivity index is 2.46. The number of hydrogen-bond acceptors (Lipinski definition) is 0. The molecule has 0 saturated carbocycles. The standard InChI is InChI=1S/C5H7As/c1-2-4-6-5-3-1/h1-2,4H,3,5H2. The first-order valence-electron chi connectivity index (χ1n) is 2.15. The molecule has 0 atom stereocenters. The van der Waals surface area contributed by atoms with Crippen molar-refractivity contribution in [2.24, 2.45) is 0 Å². The van der Waals surface area contributed by atoms with Gasteiger partial charge in [-0.1, -0.05) is 0 Å². The van der Waals surface area contributed by atoms with Gasteiger partial charge in [0.15, 0.2) is 0 Å². The summed E-state index contributed by atoms with van der Waals surface area (Å²) in [7, 11) is 0. The van der Waals surface area contributed by atoms with Gasteiger partial charge < -0.3 is 0 Å². The molecule has 0 aromatic carbocycles. The Bertz CT molecular complexity index is 69.9. The van der Waals surface area contributed by atoms with Crippen molar-refractivity contribution < 1.29 is 0 Å². The van der Waals surface area contributed by atoms with Crippen molar-refractivity contribution >= 4 is 20.1 Å². The normalized spacial score (nSPS) is 21.3. The molecule has 1 heterocycles. The average Bonchev–Trinajstić information content (AvgIpc) is 1.72. The molecule has 0 spiro atoms. The summed E-state index contributed by atoms with van der Waals surface area (Å²) in [5, 5.41) is 1.45. The minimum absolute atomic E-state index is 0.619. The first-order valence-corrected chi connectivity index (χ1v) is 4.56. The summed E-state index contributed by atoms with van der Waals surface area (Å²) in [5.74, 6) is 0. The van der Waals surface area contributed by atoms with E-state index in [0.29, 0.717) is 15.3 Å². The van der Waals surface area contributed by atoms with Gasteiger partial charge in [-0.15, -0.1) is 0 Å². The van der Waals surface area contributed by atoms with Crippen LogP contribution in [0.5, 0.6) is 0 Å². The van der Waals surface area contributed by atoms with E-state index in [1.165, 1.54) is 11.6 Å². The molecule has 0 unspecified atom stereocenters. The first kappa shape index (κ1) is 4.33. The van der Waals surface area contributed by atoms with E-state index in [-0.39, 0.29) is 0 Å². The van der Waals surface area contributed by atoms with E-state index in [1.54, 1.807) is 0 Å². The van der Waals surface area contributed by atoms with Gasteiger partial charge in [-0.05, 0) is 0 Å². The van der Waals surface area contributed by atoms with Gasteiger partial charge in [-0.25, -0.2) is 0 Å². The molecule has 0 nitrogen and oxygen atoms in total. The third kappa shape index (κ3) is 1.10. The van der Waals surface area contributed by atoms with E-state index in [1.807, 2.05) is 0 Å². The summed E-state index contributed by atoms with van der Waals surface area (Å²) in [5.41, 5.74) is 0. The molecule has 0 radical (unpaired) electrons. The van der Waals surface area contributed by atoms with E-state index in [0.717, 1.165) is 0 Å². The maximum absolute atomic E-state index is 2.31. The monoisotopic (exact) mass is 142 g/mol. The Kier molecular flexibility index (Phi) is 1.70. The molecule has 0 N–H and O–H groups in total. The maximum atomic E-state index is 2.31. The molecule has 0 bridgehead atoms. The van der Waals surface area contributed by atoms with Crippen LogP contribution in [0.2, 0.25) is 5.21 Å². The second-order valence-corrected chi connectivity index (χ2v) is 3.60. The van der Waals surface area contributed by atoms with Gasteiger partial charge in [0.25, 0.3) is 0 Å². The summed E-state index contributed by atoms with van der Waals surface area (Å²) in [6, 6.07) is 0. The fourth-order valence-electron chi connectivity index (χ4n) is 0.442. The summed E-state index contributed by atoms with van der Waals surface area (Å²) in [4.78, 5) is 2.31. The molecule has 0 aliphatic carbocycles. The molecule has 1 rings (SSSR count). The van der Waals surface area contributed by atoms with E-state index in [2.05, 4.69) is 17.0 Å². The fraction of sp³-hybridized carbons (Fsp3) is 0.400. The molecule has 6 heavy (non-hydrogen) atoms. The Labute approximate surface area is 44.5 Å². The van der Waals surface area contributed by atoms with Crippen molar-refractivity contribution in [3.05, 3.63) is 12.2 Å². The van der Waals surface area contributed by atoms with Crippen LogP contribution in [-0.2, 0) is 0 Å². The van der Waals surface area contributed by atoms with E-state index in [4.69, 9.17) is 0 Å². The zero-order valence-electron chi connectivity index (χ0n) is 3.59. The molecule has 0 aromatic heterocycles. The van der Waals surface area contributed by atoms with Gasteiger partial charge in [-0.2, -0.15) is 0 Å². The first-order chi connectivity index (χ1) is 3.00. The minimum atomic E-state index is 0.619. The van der Waals surface area contributed by atoms with Gasteiger partial charge in [-0.3, -0.25) is 0 Å². The van der Waals surface area contributed by atoms with Crippen molar-refractivity contribution in [1.82, 2.24) is 0 Å². The molecule has 0 saturated heterocycles. The molecule has 1 aliphatic heterocycles. The van der Waals surface area contributed by atoms with Crippen LogP contribution in [-0.4, -0.2) is 20.1 Å². The van der Waals surface area contributed by atoms with Crippen molar-refractivity contribution in [3.8, 4) is 0 Å². The average molecular weight is 142 g/mol. The van der Waals surface area contributed by atoms with Gasteiger partial charge in [0.1, 0.15) is 0 Å². The van der Waals surface area contributed by atoms with Crippen molar-refractivity contribution in [2.45, 2.75) is 11.6 Å². The Hall–Kier alpha value is 0.168. The van der Waals surface area contributed by atoms with Crippen molar-refractivity contribution in [3.63, 3.8) is 0 Å². The Morgan fingerprint density at radius 1 is 1.50 bits per heavy atom. The molecule has 0 fully saturated rings. The zero-order chi connectivity index (χ0) is 4.24. The van der Waals surface area contributed by atoms with Crippen molar-refractivity contribution in [2.75, 3.05) is 0 Å². The summed E-state index contributed by atoms with van der Waals surface area (Å²) < 4.78 is 0. The summed E-state index contributed by atoms with van der Waals surface area (Å²) >= 11 is 0.619. The molecular formula is C5H7As. The SMILES string of the molecule is C1=CCC[As]=C1. The molecular weight excluding hydrogens is 135 g/mol. The van der Waals surface area contributed by atoms with E-state index >= 15 is 0 Å². The predicted molar refractivity (Wildman–Crippen MR) is 30.4 cm³/mol. The van der Waals surface area contributed by atoms with Crippen LogP contribution in [0, 0.1) is 0 Å². The number of hydrogen-bond donors (Lipinski definition) is 0. The summed E-state index contributed by atoms with van der Waals surface area (Å²) in [6.07, 6.45) is 5.75. The third-order valence-corrected chi connectivity index (χ3v) is 2.64. The predicted octanol–water partition coefficient (Wildman–Crippen LogP) is 0.871. The molecule has 32 valence electrons. The number of allylic oxidation sites excluding steroid dienone is 2. The zero-order valence-corrected chi connectivity index (χ0v) is 5.47. The topological polar surface area (TPSA) is 0 Å². The van der Waals surface area contributed by atoms with Crippen LogP contribution in [0.25, 0.3) is 0 Å². The van der Waals surface area contributed by atoms with Crippen molar-refractivity contribution in [1.29, 1.82) is 0 Å². The molecule has 0 aromatic rings. The Morgan fingerprint density at radius 3 is 2.67 bits per heavy atom. The third-order valence-electron chi connectivity index (χ3n) is 0.752. The summed E-state index contributed by atoms with van der Waals surface area (Å²) in [6.45, 7) is 0. The van der Waals surface area contributed by atoms with Crippen LogP contribution in [0.4, 0.5) is 0 Å². The quantitative estimate of drug-likeness (QED) is 0.440. The van der Waals surface area contributed by atoms with Crippen LogP contribution in [0.1, 0.15) is 6.42 Å². The van der Waals surface area contributed by atoms with Gasteiger partial charge in [0, 0.05) is 0 Å². The van der Waals surface area contributed by atoms with Crippen LogP contribution in [0.3, 0.4) is 0 Å². The number of rotatable bonds is 0. The van der Waals surface area contributed by atoms with Gasteiger partial charge in [0.2, 0.25) is 0 Å². The molecule has 1 heteroatoms. The van der Waals surface area contributed by atoms with Gasteiger partial charge >= 0.3 is 43.9 Å².